The van der Waals surface area contributed by atoms with Gasteiger partial charge in [-0.3, -0.25) is 14.9 Å². The molecular formula is C12H21N3O3. The molecule has 0 aromatic heterocycles. The number of likely N-dealkylation sites (N-methyl/N-ethyl adjacent to an activating group) is 1. The van der Waals surface area contributed by atoms with Gasteiger partial charge in [-0.05, 0) is 26.9 Å². The summed E-state index contributed by atoms with van der Waals surface area (Å²) in [7, 11) is 4.07. The van der Waals surface area contributed by atoms with Gasteiger partial charge in [0.2, 0.25) is 11.9 Å². The summed E-state index contributed by atoms with van der Waals surface area (Å²) in [6, 6.07) is -0.649. The fraction of sp³-hybridized carbons (Fsp3) is 0.917. The zero-order chi connectivity index (χ0) is 13.3. The van der Waals surface area contributed by atoms with Crippen molar-refractivity contribution in [3.05, 3.63) is 10.1 Å². The van der Waals surface area contributed by atoms with E-state index in [0.29, 0.717) is 13.0 Å². The number of amides is 1. The lowest BCUT2D eigenvalue weighted by Gasteiger charge is -2.36. The second-order valence-electron chi connectivity index (χ2n) is 5.74. The number of rotatable bonds is 5. The van der Waals surface area contributed by atoms with E-state index in [0.717, 1.165) is 12.8 Å². The van der Waals surface area contributed by atoms with Gasteiger partial charge in [0, 0.05) is 23.4 Å². The standard InChI is InChI=1S/C12H21N3O3/c1-14(2)12(5-3-4-6-12)8-13-11(16)9-7-10(9)15(17)18/h9-10H,3-8H2,1-2H3,(H,13,16)/t9-,10-/m0/s1. The summed E-state index contributed by atoms with van der Waals surface area (Å²) < 4.78 is 0. The van der Waals surface area contributed by atoms with E-state index < -0.39 is 12.0 Å². The Hall–Kier alpha value is -1.17. The van der Waals surface area contributed by atoms with E-state index in [1.54, 1.807) is 0 Å². The van der Waals surface area contributed by atoms with Crippen molar-refractivity contribution in [3.8, 4) is 0 Å². The minimum atomic E-state index is -0.649. The topological polar surface area (TPSA) is 75.5 Å². The molecule has 0 saturated heterocycles. The second-order valence-corrected chi connectivity index (χ2v) is 5.74. The highest BCUT2D eigenvalue weighted by atomic mass is 16.6. The van der Waals surface area contributed by atoms with Crippen LogP contribution >= 0.6 is 0 Å². The minimum Gasteiger partial charge on any atom is -0.354 e. The zero-order valence-electron chi connectivity index (χ0n) is 11.0. The summed E-state index contributed by atoms with van der Waals surface area (Å²) in [5.41, 5.74) is 0.0503. The van der Waals surface area contributed by atoms with Crippen LogP contribution in [0, 0.1) is 16.0 Å². The van der Waals surface area contributed by atoms with Crippen LogP contribution in [0.3, 0.4) is 0 Å². The maximum Gasteiger partial charge on any atom is 0.230 e. The first-order chi connectivity index (χ1) is 8.46. The number of hydrogen-bond acceptors (Lipinski definition) is 4. The summed E-state index contributed by atoms with van der Waals surface area (Å²) in [5.74, 6) is -0.551. The molecule has 0 unspecified atom stereocenters. The summed E-state index contributed by atoms with van der Waals surface area (Å²) in [5, 5.41) is 13.4. The van der Waals surface area contributed by atoms with Crippen molar-refractivity contribution < 1.29 is 9.72 Å². The van der Waals surface area contributed by atoms with Crippen LogP contribution in [0.4, 0.5) is 0 Å². The lowest BCUT2D eigenvalue weighted by atomic mass is 9.96. The van der Waals surface area contributed by atoms with Crippen molar-refractivity contribution in [2.75, 3.05) is 20.6 Å². The molecule has 0 aromatic carbocycles. The van der Waals surface area contributed by atoms with Crippen LogP contribution in [0.2, 0.25) is 0 Å². The molecule has 0 heterocycles. The van der Waals surface area contributed by atoms with E-state index in [1.165, 1.54) is 12.8 Å². The number of carbonyl (C=O) groups excluding carboxylic acids is 1. The van der Waals surface area contributed by atoms with Gasteiger partial charge in [-0.15, -0.1) is 0 Å². The van der Waals surface area contributed by atoms with Crippen molar-refractivity contribution >= 4 is 5.91 Å². The molecule has 2 atom stereocenters. The van der Waals surface area contributed by atoms with Gasteiger partial charge in [-0.1, -0.05) is 12.8 Å². The Bertz CT molecular complexity index is 350. The van der Waals surface area contributed by atoms with E-state index >= 15 is 0 Å². The molecule has 0 bridgehead atoms. The molecule has 2 aliphatic rings. The lowest BCUT2D eigenvalue weighted by Crippen LogP contribution is -2.51. The molecule has 6 nitrogen and oxygen atoms in total. The predicted octanol–water partition coefficient (Wildman–Crippen LogP) is 0.642. The normalized spacial score (nSPS) is 29.3. The summed E-state index contributed by atoms with van der Waals surface area (Å²) >= 11 is 0. The number of carbonyl (C=O) groups is 1. The predicted molar refractivity (Wildman–Crippen MR) is 66.8 cm³/mol. The Morgan fingerprint density at radius 2 is 2.06 bits per heavy atom. The SMILES string of the molecule is CN(C)C1(CNC(=O)[C@H]2C[C@@H]2[N+](=O)[O-])CCCC1. The third kappa shape index (κ3) is 2.48. The van der Waals surface area contributed by atoms with Crippen molar-refractivity contribution in [2.45, 2.75) is 43.7 Å². The number of nitrogens with one attached hydrogen (secondary N) is 1. The molecular weight excluding hydrogens is 234 g/mol. The van der Waals surface area contributed by atoms with Gasteiger partial charge in [0.1, 0.15) is 5.92 Å². The molecule has 0 radical (unpaired) electrons. The fourth-order valence-corrected chi connectivity index (χ4v) is 2.89. The molecule has 0 aromatic rings. The van der Waals surface area contributed by atoms with E-state index in [2.05, 4.69) is 10.2 Å². The molecule has 2 saturated carbocycles. The number of hydrogen-bond donors (Lipinski definition) is 1. The highest BCUT2D eigenvalue weighted by Gasteiger charge is 2.53. The second kappa shape index (κ2) is 4.84. The fourth-order valence-electron chi connectivity index (χ4n) is 2.89. The van der Waals surface area contributed by atoms with Gasteiger partial charge >= 0.3 is 0 Å². The Morgan fingerprint density at radius 3 is 2.50 bits per heavy atom. The molecule has 1 amide bonds. The van der Waals surface area contributed by atoms with Crippen LogP contribution in [-0.4, -0.2) is 48.0 Å². The van der Waals surface area contributed by atoms with Crippen molar-refractivity contribution in [1.82, 2.24) is 10.2 Å². The maximum absolute atomic E-state index is 11.8. The molecule has 6 heteroatoms. The molecule has 0 spiro atoms. The monoisotopic (exact) mass is 255 g/mol. The van der Waals surface area contributed by atoms with Crippen molar-refractivity contribution in [2.24, 2.45) is 5.92 Å². The van der Waals surface area contributed by atoms with Gasteiger partial charge < -0.3 is 10.2 Å². The third-order valence-corrected chi connectivity index (χ3v) is 4.44. The van der Waals surface area contributed by atoms with Crippen LogP contribution in [0.1, 0.15) is 32.1 Å². The smallest absolute Gasteiger partial charge is 0.230 e. The van der Waals surface area contributed by atoms with Crippen LogP contribution in [-0.2, 0) is 4.79 Å². The Labute approximate surface area is 107 Å². The van der Waals surface area contributed by atoms with Gasteiger partial charge in [0.15, 0.2) is 0 Å². The van der Waals surface area contributed by atoms with Crippen LogP contribution in [0.5, 0.6) is 0 Å². The number of nitrogens with zero attached hydrogens (tertiary/aromatic N) is 2. The van der Waals surface area contributed by atoms with E-state index in [1.807, 2.05) is 14.1 Å². The first kappa shape index (κ1) is 13.3. The van der Waals surface area contributed by atoms with Gasteiger partial charge in [0.05, 0.1) is 0 Å². The highest BCUT2D eigenvalue weighted by Crippen LogP contribution is 2.35. The maximum atomic E-state index is 11.8. The minimum absolute atomic E-state index is 0.0503. The van der Waals surface area contributed by atoms with Crippen LogP contribution in [0.15, 0.2) is 0 Å². The highest BCUT2D eigenvalue weighted by molar-refractivity contribution is 5.82. The van der Waals surface area contributed by atoms with Gasteiger partial charge in [-0.25, -0.2) is 0 Å². The quantitative estimate of drug-likeness (QED) is 0.578. The van der Waals surface area contributed by atoms with Crippen molar-refractivity contribution in [3.63, 3.8) is 0 Å². The third-order valence-electron chi connectivity index (χ3n) is 4.44. The largest absolute Gasteiger partial charge is 0.354 e. The lowest BCUT2D eigenvalue weighted by molar-refractivity contribution is -0.497. The average Bonchev–Trinajstić information content (AvgIpc) is 2.98. The number of nitro groups is 1. The van der Waals surface area contributed by atoms with Gasteiger partial charge in [0.25, 0.3) is 0 Å². The average molecular weight is 255 g/mol. The molecule has 18 heavy (non-hydrogen) atoms. The first-order valence-electron chi connectivity index (χ1n) is 6.55. The van der Waals surface area contributed by atoms with E-state index in [-0.39, 0.29) is 16.4 Å². The molecule has 102 valence electrons. The summed E-state index contributed by atoms with van der Waals surface area (Å²) in [6.07, 6.45) is 4.95. The Kier molecular flexibility index (Phi) is 3.56. The molecule has 2 aliphatic carbocycles. The van der Waals surface area contributed by atoms with Crippen LogP contribution in [0.25, 0.3) is 0 Å². The van der Waals surface area contributed by atoms with E-state index in [9.17, 15) is 14.9 Å². The van der Waals surface area contributed by atoms with Crippen LogP contribution < -0.4 is 5.32 Å². The molecule has 0 aliphatic heterocycles. The Balaban J connectivity index is 1.84. The summed E-state index contributed by atoms with van der Waals surface area (Å²) in [4.78, 5) is 24.2. The Morgan fingerprint density at radius 1 is 1.44 bits per heavy atom. The summed E-state index contributed by atoms with van der Waals surface area (Å²) in [6.45, 7) is 0.611. The molecule has 1 N–H and O–H groups in total. The first-order valence-corrected chi connectivity index (χ1v) is 6.55. The zero-order valence-corrected chi connectivity index (χ0v) is 11.0. The molecule has 2 rings (SSSR count). The van der Waals surface area contributed by atoms with Crippen molar-refractivity contribution in [1.29, 1.82) is 0 Å². The van der Waals surface area contributed by atoms with E-state index in [4.69, 9.17) is 0 Å². The van der Waals surface area contributed by atoms with Gasteiger partial charge in [-0.2, -0.15) is 0 Å². The molecule has 2 fully saturated rings.